The van der Waals surface area contributed by atoms with Gasteiger partial charge in [-0.15, -0.1) is 11.8 Å². The maximum atomic E-state index is 13.5. The third-order valence-electron chi connectivity index (χ3n) is 2.67. The molecule has 2 aromatic rings. The summed E-state index contributed by atoms with van der Waals surface area (Å²) in [5.74, 6) is 0.566. The first-order chi connectivity index (χ1) is 9.69. The summed E-state index contributed by atoms with van der Waals surface area (Å²) >= 11 is 1.26. The molecule has 1 aromatic carbocycles. The predicted molar refractivity (Wildman–Crippen MR) is 78.9 cm³/mol. The Labute approximate surface area is 121 Å². The molecule has 0 atom stereocenters. The number of hydrogen-bond donors (Lipinski definition) is 1. The number of benzene rings is 1. The Morgan fingerprint density at radius 3 is 2.75 bits per heavy atom. The Balaban J connectivity index is 1.95. The number of pyridine rings is 1. The van der Waals surface area contributed by atoms with Gasteiger partial charge in [0.1, 0.15) is 17.5 Å². The van der Waals surface area contributed by atoms with E-state index < -0.39 is 11.6 Å². The first kappa shape index (κ1) is 14.8. The van der Waals surface area contributed by atoms with Crippen LogP contribution in [0.25, 0.3) is 0 Å². The average Bonchev–Trinajstić information content (AvgIpc) is 2.47. The SMILES string of the molecule is CCCNc1ccc(CSc2cc(F)ccc2F)cn1. The highest BCUT2D eigenvalue weighted by Crippen LogP contribution is 2.26. The number of halogens is 2. The van der Waals surface area contributed by atoms with Gasteiger partial charge in [-0.05, 0) is 36.2 Å². The van der Waals surface area contributed by atoms with Gasteiger partial charge in [-0.1, -0.05) is 13.0 Å². The van der Waals surface area contributed by atoms with E-state index in [4.69, 9.17) is 0 Å². The quantitative estimate of drug-likeness (QED) is 0.795. The molecule has 0 spiro atoms. The number of nitrogens with one attached hydrogen (secondary N) is 1. The highest BCUT2D eigenvalue weighted by atomic mass is 32.2. The van der Waals surface area contributed by atoms with Crippen LogP contribution in [-0.4, -0.2) is 11.5 Å². The summed E-state index contributed by atoms with van der Waals surface area (Å²) in [6, 6.07) is 7.32. The van der Waals surface area contributed by atoms with E-state index in [1.165, 1.54) is 17.8 Å². The van der Waals surface area contributed by atoms with Crippen molar-refractivity contribution in [2.45, 2.75) is 24.0 Å². The number of rotatable bonds is 6. The number of nitrogens with zero attached hydrogens (tertiary/aromatic N) is 1. The summed E-state index contributed by atoms with van der Waals surface area (Å²) in [6.07, 6.45) is 2.79. The van der Waals surface area contributed by atoms with Crippen LogP contribution in [0.1, 0.15) is 18.9 Å². The standard InChI is InChI=1S/C15H16F2N2S/c1-2-7-18-15-6-3-11(9-19-15)10-20-14-8-12(16)4-5-13(14)17/h3-6,8-9H,2,7,10H2,1H3,(H,18,19). The molecule has 1 N–H and O–H groups in total. The second-order valence-corrected chi connectivity index (χ2v) is 5.36. The van der Waals surface area contributed by atoms with Crippen molar-refractivity contribution in [3.8, 4) is 0 Å². The molecule has 20 heavy (non-hydrogen) atoms. The fourth-order valence-electron chi connectivity index (χ4n) is 1.62. The maximum Gasteiger partial charge on any atom is 0.136 e. The van der Waals surface area contributed by atoms with Crippen LogP contribution in [0.5, 0.6) is 0 Å². The fourth-order valence-corrected chi connectivity index (χ4v) is 2.51. The van der Waals surface area contributed by atoms with Crippen molar-refractivity contribution in [3.05, 3.63) is 53.7 Å². The van der Waals surface area contributed by atoms with Crippen LogP contribution in [0.15, 0.2) is 41.4 Å². The van der Waals surface area contributed by atoms with Gasteiger partial charge in [-0.2, -0.15) is 0 Å². The average molecular weight is 294 g/mol. The van der Waals surface area contributed by atoms with Crippen LogP contribution in [-0.2, 0) is 5.75 Å². The van der Waals surface area contributed by atoms with E-state index in [1.807, 2.05) is 12.1 Å². The lowest BCUT2D eigenvalue weighted by Crippen LogP contribution is -2.01. The van der Waals surface area contributed by atoms with Gasteiger partial charge in [0.15, 0.2) is 0 Å². The summed E-state index contributed by atoms with van der Waals surface area (Å²) in [5.41, 5.74) is 0.973. The highest BCUT2D eigenvalue weighted by molar-refractivity contribution is 7.98. The maximum absolute atomic E-state index is 13.5. The Bertz CT molecular complexity index is 558. The van der Waals surface area contributed by atoms with E-state index in [-0.39, 0.29) is 0 Å². The molecule has 2 nitrogen and oxygen atoms in total. The van der Waals surface area contributed by atoms with Crippen molar-refractivity contribution in [2.24, 2.45) is 0 Å². The van der Waals surface area contributed by atoms with Gasteiger partial charge in [-0.3, -0.25) is 0 Å². The molecule has 0 bridgehead atoms. The van der Waals surface area contributed by atoms with E-state index in [9.17, 15) is 8.78 Å². The molecular formula is C15H16F2N2S. The molecule has 0 saturated heterocycles. The molecule has 0 radical (unpaired) electrons. The number of anilines is 1. The van der Waals surface area contributed by atoms with Crippen molar-refractivity contribution < 1.29 is 8.78 Å². The molecule has 0 fully saturated rings. The summed E-state index contributed by atoms with van der Waals surface area (Å²) in [4.78, 5) is 4.59. The lowest BCUT2D eigenvalue weighted by molar-refractivity contribution is 0.577. The third kappa shape index (κ3) is 4.20. The van der Waals surface area contributed by atoms with E-state index in [1.54, 1.807) is 6.20 Å². The molecule has 5 heteroatoms. The summed E-state index contributed by atoms with van der Waals surface area (Å²) < 4.78 is 26.5. The van der Waals surface area contributed by atoms with Crippen molar-refractivity contribution in [3.63, 3.8) is 0 Å². The largest absolute Gasteiger partial charge is 0.370 e. The van der Waals surface area contributed by atoms with Crippen molar-refractivity contribution in [2.75, 3.05) is 11.9 Å². The Morgan fingerprint density at radius 2 is 2.05 bits per heavy atom. The van der Waals surface area contributed by atoms with Gasteiger partial charge in [-0.25, -0.2) is 13.8 Å². The van der Waals surface area contributed by atoms with E-state index in [0.29, 0.717) is 10.6 Å². The minimum absolute atomic E-state index is 0.318. The predicted octanol–water partition coefficient (Wildman–Crippen LogP) is 4.47. The van der Waals surface area contributed by atoms with Crippen molar-refractivity contribution in [1.82, 2.24) is 4.98 Å². The Hall–Kier alpha value is -1.62. The van der Waals surface area contributed by atoms with Gasteiger partial charge >= 0.3 is 0 Å². The molecule has 0 aliphatic heterocycles. The first-order valence-electron chi connectivity index (χ1n) is 6.45. The van der Waals surface area contributed by atoms with E-state index in [2.05, 4.69) is 17.2 Å². The zero-order chi connectivity index (χ0) is 14.4. The summed E-state index contributed by atoms with van der Waals surface area (Å²) in [6.45, 7) is 2.97. The van der Waals surface area contributed by atoms with Crippen molar-refractivity contribution in [1.29, 1.82) is 0 Å². The zero-order valence-electron chi connectivity index (χ0n) is 11.2. The molecule has 106 valence electrons. The summed E-state index contributed by atoms with van der Waals surface area (Å²) in [7, 11) is 0. The minimum Gasteiger partial charge on any atom is -0.370 e. The smallest absolute Gasteiger partial charge is 0.136 e. The molecule has 0 amide bonds. The van der Waals surface area contributed by atoms with Crippen LogP contribution in [0.4, 0.5) is 14.6 Å². The topological polar surface area (TPSA) is 24.9 Å². The second-order valence-electron chi connectivity index (χ2n) is 4.34. The minimum atomic E-state index is -0.425. The lowest BCUT2D eigenvalue weighted by atomic mass is 10.3. The molecule has 1 aromatic heterocycles. The van der Waals surface area contributed by atoms with Crippen LogP contribution in [0.3, 0.4) is 0 Å². The Morgan fingerprint density at radius 1 is 1.20 bits per heavy atom. The van der Waals surface area contributed by atoms with E-state index >= 15 is 0 Å². The zero-order valence-corrected chi connectivity index (χ0v) is 12.0. The molecule has 0 aliphatic rings. The molecule has 1 heterocycles. The third-order valence-corrected chi connectivity index (χ3v) is 3.77. The van der Waals surface area contributed by atoms with Gasteiger partial charge in [0.2, 0.25) is 0 Å². The van der Waals surface area contributed by atoms with Crippen LogP contribution in [0.2, 0.25) is 0 Å². The number of thioether (sulfide) groups is 1. The fraction of sp³-hybridized carbons (Fsp3) is 0.267. The Kier molecular flexibility index (Phi) is 5.35. The normalized spacial score (nSPS) is 10.6. The van der Waals surface area contributed by atoms with Gasteiger partial charge in [0.05, 0.1) is 0 Å². The summed E-state index contributed by atoms with van der Waals surface area (Å²) in [5, 5.41) is 3.18. The monoisotopic (exact) mass is 294 g/mol. The van der Waals surface area contributed by atoms with Crippen molar-refractivity contribution >= 4 is 17.6 Å². The molecule has 0 saturated carbocycles. The van der Waals surface area contributed by atoms with Crippen LogP contribution < -0.4 is 5.32 Å². The van der Waals surface area contributed by atoms with Crippen LogP contribution >= 0.6 is 11.8 Å². The highest BCUT2D eigenvalue weighted by Gasteiger charge is 2.05. The van der Waals surface area contributed by atoms with E-state index in [0.717, 1.165) is 36.5 Å². The molecule has 0 aliphatic carbocycles. The number of aromatic nitrogens is 1. The number of hydrogen-bond acceptors (Lipinski definition) is 3. The first-order valence-corrected chi connectivity index (χ1v) is 7.44. The van der Waals surface area contributed by atoms with Gasteiger partial charge in [0.25, 0.3) is 0 Å². The molecular weight excluding hydrogens is 278 g/mol. The lowest BCUT2D eigenvalue weighted by Gasteiger charge is -2.06. The van der Waals surface area contributed by atoms with Gasteiger partial charge in [0, 0.05) is 23.4 Å². The molecule has 0 unspecified atom stereocenters. The van der Waals surface area contributed by atoms with Gasteiger partial charge < -0.3 is 5.32 Å². The second kappa shape index (κ2) is 7.24. The molecule has 2 rings (SSSR count). The van der Waals surface area contributed by atoms with Crippen LogP contribution in [0, 0.1) is 11.6 Å².